The predicted octanol–water partition coefficient (Wildman–Crippen LogP) is 1.22. The van der Waals surface area contributed by atoms with Crippen LogP contribution in [0, 0.1) is 0 Å². The van der Waals surface area contributed by atoms with E-state index in [1.165, 1.54) is 10.9 Å². The van der Waals surface area contributed by atoms with Crippen molar-refractivity contribution in [2.24, 2.45) is 0 Å². The fourth-order valence-electron chi connectivity index (χ4n) is 3.71. The smallest absolute Gasteiger partial charge is 0.224 e. The molecule has 3 unspecified atom stereocenters. The minimum Gasteiger partial charge on any atom is -0.394 e. The number of anilines is 2. The van der Waals surface area contributed by atoms with Crippen LogP contribution in [0.5, 0.6) is 0 Å². The van der Waals surface area contributed by atoms with Crippen molar-refractivity contribution in [1.29, 1.82) is 0 Å². The van der Waals surface area contributed by atoms with E-state index in [9.17, 15) is 15.3 Å². The number of imidazole rings is 1. The van der Waals surface area contributed by atoms with Crippen molar-refractivity contribution in [3.8, 4) is 0 Å². The molecule has 13 heteroatoms. The van der Waals surface area contributed by atoms with Gasteiger partial charge in [0, 0.05) is 11.8 Å². The van der Waals surface area contributed by atoms with Gasteiger partial charge >= 0.3 is 0 Å². The summed E-state index contributed by atoms with van der Waals surface area (Å²) in [5.41, 5.74) is 7.74. The second-order valence-electron chi connectivity index (χ2n) is 7.79. The van der Waals surface area contributed by atoms with Gasteiger partial charge in [-0.15, -0.1) is 11.3 Å². The van der Waals surface area contributed by atoms with Crippen LogP contribution in [0.25, 0.3) is 21.4 Å². The number of nitrogens with two attached hydrogens (primary N) is 1. The van der Waals surface area contributed by atoms with Gasteiger partial charge in [-0.1, -0.05) is 23.9 Å². The number of hydrogen-bond acceptors (Lipinski definition) is 12. The Morgan fingerprint density at radius 1 is 1.24 bits per heavy atom. The first-order chi connectivity index (χ1) is 15.9. The molecule has 5 rings (SSSR count). The van der Waals surface area contributed by atoms with E-state index in [0.29, 0.717) is 17.0 Å². The summed E-state index contributed by atoms with van der Waals surface area (Å²) in [6, 6.07) is 8.05. The van der Waals surface area contributed by atoms with E-state index in [4.69, 9.17) is 10.5 Å². The highest BCUT2D eigenvalue weighted by Crippen LogP contribution is 2.33. The third-order valence-corrected chi connectivity index (χ3v) is 7.78. The molecule has 1 fully saturated rings. The van der Waals surface area contributed by atoms with Crippen molar-refractivity contribution in [2.75, 3.05) is 23.4 Å². The number of thioether (sulfide) groups is 1. The molecular weight excluding hydrogens is 466 g/mol. The summed E-state index contributed by atoms with van der Waals surface area (Å²) in [7, 11) is 0. The van der Waals surface area contributed by atoms with Crippen LogP contribution in [0.4, 0.5) is 11.8 Å². The summed E-state index contributed by atoms with van der Waals surface area (Å²) in [4.78, 5) is 17.6. The SMILES string of the molecule is CC(CSc1nc2ccccc2s1)Nc1nc(N)nc2c1ncn2[C@@H]1O[C@H](CO)C(O)C1O. The van der Waals surface area contributed by atoms with Crippen molar-refractivity contribution >= 4 is 56.2 Å². The average molecular weight is 490 g/mol. The number of rotatable bonds is 7. The molecule has 1 aliphatic heterocycles. The van der Waals surface area contributed by atoms with Gasteiger partial charge in [0.15, 0.2) is 27.5 Å². The number of aliphatic hydroxyl groups excluding tert-OH is 3. The summed E-state index contributed by atoms with van der Waals surface area (Å²) in [6.45, 7) is 1.60. The Hall–Kier alpha value is -2.55. The van der Waals surface area contributed by atoms with Crippen LogP contribution in [0.1, 0.15) is 13.2 Å². The standard InChI is InChI=1S/C20H23N7O4S2/c1-9(7-32-20-24-10-4-2-3-5-12(10)33-20)23-16-13-17(26-19(21)25-16)27(8-22-13)18-15(30)14(29)11(6-28)31-18/h2-5,8-9,11,14-15,18,28-30H,6-7H2,1H3,(H3,21,23,25,26)/t9?,11-,14?,15?,18-/m1/s1. The topological polar surface area (TPSA) is 164 Å². The molecule has 4 aromatic rings. The molecule has 0 bridgehead atoms. The maximum Gasteiger partial charge on any atom is 0.224 e. The molecule has 6 N–H and O–H groups in total. The number of aliphatic hydroxyl groups is 3. The molecule has 1 saturated heterocycles. The number of aromatic nitrogens is 5. The van der Waals surface area contributed by atoms with Gasteiger partial charge in [0.25, 0.3) is 0 Å². The molecule has 33 heavy (non-hydrogen) atoms. The van der Waals surface area contributed by atoms with Gasteiger partial charge in [-0.3, -0.25) is 4.57 Å². The fraction of sp³-hybridized carbons (Fsp3) is 0.400. The first-order valence-electron chi connectivity index (χ1n) is 10.3. The molecule has 1 aromatic carbocycles. The van der Waals surface area contributed by atoms with Gasteiger partial charge in [0.2, 0.25) is 5.95 Å². The zero-order chi connectivity index (χ0) is 23.1. The Morgan fingerprint density at radius 2 is 2.06 bits per heavy atom. The zero-order valence-electron chi connectivity index (χ0n) is 17.6. The van der Waals surface area contributed by atoms with Crippen LogP contribution in [-0.4, -0.2) is 76.5 Å². The highest BCUT2D eigenvalue weighted by atomic mass is 32.2. The Balaban J connectivity index is 1.34. The normalized spacial score (nSPS) is 24.0. The lowest BCUT2D eigenvalue weighted by Gasteiger charge is -2.17. The van der Waals surface area contributed by atoms with Crippen molar-refractivity contribution in [3.63, 3.8) is 0 Å². The highest BCUT2D eigenvalue weighted by Gasteiger charge is 2.44. The summed E-state index contributed by atoms with van der Waals surface area (Å²) >= 11 is 3.31. The van der Waals surface area contributed by atoms with E-state index in [1.807, 2.05) is 25.1 Å². The molecule has 0 spiro atoms. The number of para-hydroxylation sites is 1. The zero-order valence-corrected chi connectivity index (χ0v) is 19.2. The first kappa shape index (κ1) is 22.3. The molecule has 3 aromatic heterocycles. The third kappa shape index (κ3) is 4.23. The number of fused-ring (bicyclic) bond motifs is 2. The lowest BCUT2D eigenvalue weighted by Crippen LogP contribution is -2.33. The number of ether oxygens (including phenoxy) is 1. The summed E-state index contributed by atoms with van der Waals surface area (Å²) in [5, 5.41) is 33.1. The van der Waals surface area contributed by atoms with Crippen molar-refractivity contribution < 1.29 is 20.1 Å². The molecule has 0 aliphatic carbocycles. The van der Waals surface area contributed by atoms with E-state index in [0.717, 1.165) is 20.3 Å². The number of nitrogens with zero attached hydrogens (tertiary/aromatic N) is 5. The number of nitrogens with one attached hydrogen (secondary N) is 1. The Labute approximate surface area is 196 Å². The van der Waals surface area contributed by atoms with Gasteiger partial charge in [-0.2, -0.15) is 9.97 Å². The monoisotopic (exact) mass is 489 g/mol. The molecule has 1 aliphatic rings. The Bertz CT molecular complexity index is 1250. The van der Waals surface area contributed by atoms with E-state index in [2.05, 4.69) is 31.3 Å². The molecule has 5 atom stereocenters. The lowest BCUT2D eigenvalue weighted by atomic mass is 10.1. The first-order valence-corrected chi connectivity index (χ1v) is 12.1. The molecule has 0 saturated carbocycles. The molecule has 11 nitrogen and oxygen atoms in total. The van der Waals surface area contributed by atoms with Gasteiger partial charge in [-0.05, 0) is 19.1 Å². The van der Waals surface area contributed by atoms with Crippen LogP contribution < -0.4 is 11.1 Å². The van der Waals surface area contributed by atoms with E-state index >= 15 is 0 Å². The van der Waals surface area contributed by atoms with E-state index in [1.54, 1.807) is 23.1 Å². The van der Waals surface area contributed by atoms with Crippen molar-refractivity contribution in [3.05, 3.63) is 30.6 Å². The van der Waals surface area contributed by atoms with Gasteiger partial charge < -0.3 is 31.1 Å². The molecule has 0 amide bonds. The number of thiazole rings is 1. The lowest BCUT2D eigenvalue weighted by molar-refractivity contribution is -0.0511. The highest BCUT2D eigenvalue weighted by molar-refractivity contribution is 8.01. The average Bonchev–Trinajstić information content (AvgIpc) is 3.48. The van der Waals surface area contributed by atoms with Gasteiger partial charge in [0.1, 0.15) is 18.3 Å². The van der Waals surface area contributed by atoms with Crippen LogP contribution in [0.15, 0.2) is 34.9 Å². The minimum absolute atomic E-state index is 0.0126. The van der Waals surface area contributed by atoms with Crippen LogP contribution in [-0.2, 0) is 4.74 Å². The van der Waals surface area contributed by atoms with Crippen molar-refractivity contribution in [2.45, 2.75) is 41.8 Å². The predicted molar refractivity (Wildman–Crippen MR) is 126 cm³/mol. The number of hydrogen-bond donors (Lipinski definition) is 5. The summed E-state index contributed by atoms with van der Waals surface area (Å²) < 4.78 is 9.24. The van der Waals surface area contributed by atoms with Crippen molar-refractivity contribution in [1.82, 2.24) is 24.5 Å². The third-order valence-electron chi connectivity index (χ3n) is 5.34. The number of nitrogen functional groups attached to an aromatic ring is 1. The maximum atomic E-state index is 10.4. The van der Waals surface area contributed by atoms with Gasteiger partial charge in [0.05, 0.1) is 23.2 Å². The molecular formula is C20H23N7O4S2. The largest absolute Gasteiger partial charge is 0.394 e. The Kier molecular flexibility index (Phi) is 6.07. The summed E-state index contributed by atoms with van der Waals surface area (Å²) in [6.07, 6.45) is -2.90. The van der Waals surface area contributed by atoms with Crippen LogP contribution in [0.2, 0.25) is 0 Å². The minimum atomic E-state index is -1.25. The molecule has 0 radical (unpaired) electrons. The number of benzene rings is 1. The molecule has 174 valence electrons. The van der Waals surface area contributed by atoms with Gasteiger partial charge in [-0.25, -0.2) is 9.97 Å². The van der Waals surface area contributed by atoms with Crippen LogP contribution >= 0.6 is 23.1 Å². The Morgan fingerprint density at radius 3 is 2.82 bits per heavy atom. The summed E-state index contributed by atoms with van der Waals surface area (Å²) in [5.74, 6) is 1.23. The van der Waals surface area contributed by atoms with E-state index in [-0.39, 0.29) is 12.0 Å². The fourth-order valence-corrected chi connectivity index (χ4v) is 5.76. The second kappa shape index (κ2) is 9.00. The van der Waals surface area contributed by atoms with E-state index < -0.39 is 31.1 Å². The molecule has 4 heterocycles. The quantitative estimate of drug-likeness (QED) is 0.237. The second-order valence-corrected chi connectivity index (χ2v) is 10.1. The van der Waals surface area contributed by atoms with Crippen LogP contribution in [0.3, 0.4) is 0 Å². The maximum absolute atomic E-state index is 10.4.